The fraction of sp³-hybridized carbons (Fsp3) is 0.189. The third-order valence-corrected chi connectivity index (χ3v) is 7.34. The van der Waals surface area contributed by atoms with Gasteiger partial charge in [-0.1, -0.05) is 72.8 Å². The quantitative estimate of drug-likeness (QED) is 0.105. The zero-order valence-electron chi connectivity index (χ0n) is 27.5. The molecule has 5 heterocycles. The lowest BCUT2D eigenvalue weighted by molar-refractivity contribution is 0.155. The van der Waals surface area contributed by atoms with Gasteiger partial charge in [-0.3, -0.25) is 10.2 Å². The summed E-state index contributed by atoms with van der Waals surface area (Å²) in [6.07, 6.45) is 11.6. The fourth-order valence-corrected chi connectivity index (χ4v) is 4.95. The first-order valence-electron chi connectivity index (χ1n) is 16.2. The molecule has 12 heteroatoms. The number of hydrogen-bond acceptors (Lipinski definition) is 10. The van der Waals surface area contributed by atoms with Gasteiger partial charge < -0.3 is 20.7 Å². The Balaban J connectivity index is 0.000000177. The molecule has 4 aromatic heterocycles. The highest BCUT2D eigenvalue weighted by atomic mass is 16.5. The van der Waals surface area contributed by atoms with Crippen LogP contribution in [-0.2, 0) is 0 Å². The molecule has 0 amide bonds. The predicted molar refractivity (Wildman–Crippen MR) is 195 cm³/mol. The Morgan fingerprint density at radius 3 is 1.80 bits per heavy atom. The molecular weight excluding hydrogens is 614 g/mol. The number of aromatic amines is 2. The third-order valence-electron chi connectivity index (χ3n) is 7.34. The van der Waals surface area contributed by atoms with Crippen molar-refractivity contribution in [3.8, 4) is 5.88 Å². The molecule has 0 unspecified atom stereocenters. The molecule has 248 valence electrons. The Labute approximate surface area is 285 Å². The van der Waals surface area contributed by atoms with Crippen molar-refractivity contribution in [1.29, 1.82) is 0 Å². The highest BCUT2D eigenvalue weighted by Gasteiger charge is 2.16. The lowest BCUT2D eigenvalue weighted by atomic mass is 10.1. The first-order valence-corrected chi connectivity index (χ1v) is 16.2. The van der Waals surface area contributed by atoms with Gasteiger partial charge in [0, 0.05) is 35.8 Å². The first kappa shape index (κ1) is 32.8. The van der Waals surface area contributed by atoms with E-state index in [-0.39, 0.29) is 6.10 Å². The second-order valence-corrected chi connectivity index (χ2v) is 11.4. The number of nitrogens with one attached hydrogen (secondary N) is 5. The van der Waals surface area contributed by atoms with Crippen LogP contribution in [0, 0.1) is 13.8 Å². The summed E-state index contributed by atoms with van der Waals surface area (Å²) in [5, 5.41) is 23.8. The molecule has 0 atom stereocenters. The van der Waals surface area contributed by atoms with E-state index in [4.69, 9.17) is 4.74 Å². The van der Waals surface area contributed by atoms with Gasteiger partial charge in [0.25, 0.3) is 0 Å². The summed E-state index contributed by atoms with van der Waals surface area (Å²) in [4.78, 5) is 17.8. The highest BCUT2D eigenvalue weighted by Crippen LogP contribution is 2.22. The molecule has 1 saturated heterocycles. The Morgan fingerprint density at radius 1 is 0.633 bits per heavy atom. The SMILES string of the molecule is Cc1cc(Nc2cc(OC3CCNCC3)nc(/C=C/c3ccccc3)n2)n[nH]1.Cc1cc(Nc2ccnc(/C=C/c3ccccc3)n2)n[nH]1. The summed E-state index contributed by atoms with van der Waals surface area (Å²) >= 11 is 0. The molecule has 5 N–H and O–H groups in total. The van der Waals surface area contributed by atoms with E-state index >= 15 is 0 Å². The number of benzene rings is 2. The summed E-state index contributed by atoms with van der Waals surface area (Å²) < 4.78 is 6.14. The molecule has 2 aromatic carbocycles. The van der Waals surface area contributed by atoms with Crippen LogP contribution in [-0.4, -0.2) is 59.5 Å². The molecule has 7 rings (SSSR count). The van der Waals surface area contributed by atoms with Gasteiger partial charge in [0.1, 0.15) is 17.7 Å². The lowest BCUT2D eigenvalue weighted by Crippen LogP contribution is -2.34. The standard InChI is InChI=1S/C21H24N6O.C16H15N5/c1-15-13-20(27-26-15)24-19-14-21(28-17-9-11-22-12-10-17)25-18(23-19)8-7-16-5-3-2-4-6-16;1-12-11-16(21-20-12)19-15-9-10-17-14(18-15)8-7-13-5-3-2-4-6-13/h2-8,13-14,17,22H,9-12H2,1H3,(H2,23,24,25,26,27);2-11H,1H3,(H2,17,18,19,20,21)/b2*8-7+. The summed E-state index contributed by atoms with van der Waals surface area (Å²) in [5.41, 5.74) is 4.18. The number of hydrogen-bond donors (Lipinski definition) is 5. The summed E-state index contributed by atoms with van der Waals surface area (Å²) in [6.45, 7) is 5.84. The Kier molecular flexibility index (Phi) is 11.1. The van der Waals surface area contributed by atoms with Crippen molar-refractivity contribution in [2.75, 3.05) is 23.7 Å². The van der Waals surface area contributed by atoms with Crippen LogP contribution in [0.4, 0.5) is 23.3 Å². The summed E-state index contributed by atoms with van der Waals surface area (Å²) in [7, 11) is 0. The average Bonchev–Trinajstić information content (AvgIpc) is 3.74. The minimum atomic E-state index is 0.169. The third kappa shape index (κ3) is 10.4. The van der Waals surface area contributed by atoms with Crippen molar-refractivity contribution in [3.63, 3.8) is 0 Å². The molecule has 0 aliphatic carbocycles. The fourth-order valence-electron chi connectivity index (χ4n) is 4.95. The smallest absolute Gasteiger partial charge is 0.219 e. The molecular formula is C37H39N11O. The maximum absolute atomic E-state index is 6.14. The van der Waals surface area contributed by atoms with Gasteiger partial charge in [-0.2, -0.15) is 15.2 Å². The van der Waals surface area contributed by atoms with Crippen LogP contribution < -0.4 is 20.7 Å². The zero-order valence-corrected chi connectivity index (χ0v) is 27.5. The number of aryl methyl sites for hydroxylation is 2. The van der Waals surface area contributed by atoms with Gasteiger partial charge in [0.2, 0.25) is 5.88 Å². The van der Waals surface area contributed by atoms with E-state index in [2.05, 4.69) is 56.3 Å². The maximum Gasteiger partial charge on any atom is 0.219 e. The largest absolute Gasteiger partial charge is 0.474 e. The highest BCUT2D eigenvalue weighted by molar-refractivity contribution is 5.68. The number of anilines is 4. The molecule has 0 radical (unpaired) electrons. The van der Waals surface area contributed by atoms with E-state index in [9.17, 15) is 0 Å². The van der Waals surface area contributed by atoms with Crippen LogP contribution in [0.25, 0.3) is 24.3 Å². The molecule has 1 aliphatic heterocycles. The number of nitrogens with zero attached hydrogens (tertiary/aromatic N) is 6. The number of aromatic nitrogens is 8. The average molecular weight is 654 g/mol. The lowest BCUT2D eigenvalue weighted by Gasteiger charge is -2.23. The summed E-state index contributed by atoms with van der Waals surface area (Å²) in [5.74, 6) is 4.62. The van der Waals surface area contributed by atoms with Gasteiger partial charge in [-0.15, -0.1) is 0 Å². The van der Waals surface area contributed by atoms with Crippen LogP contribution in [0.1, 0.15) is 47.0 Å². The van der Waals surface area contributed by atoms with Crippen LogP contribution in [0.5, 0.6) is 5.88 Å². The van der Waals surface area contributed by atoms with E-state index < -0.39 is 0 Å². The van der Waals surface area contributed by atoms with E-state index in [1.807, 2.05) is 123 Å². The number of ether oxygens (including phenoxy) is 1. The first-order chi connectivity index (χ1) is 24.0. The van der Waals surface area contributed by atoms with E-state index in [1.165, 1.54) is 0 Å². The normalized spacial score (nSPS) is 13.3. The molecule has 1 aliphatic rings. The van der Waals surface area contributed by atoms with Crippen molar-refractivity contribution in [2.45, 2.75) is 32.8 Å². The molecule has 12 nitrogen and oxygen atoms in total. The molecule has 0 bridgehead atoms. The van der Waals surface area contributed by atoms with E-state index in [0.717, 1.165) is 54.3 Å². The van der Waals surface area contributed by atoms with E-state index in [1.54, 1.807) is 6.20 Å². The van der Waals surface area contributed by atoms with Crippen molar-refractivity contribution in [1.82, 2.24) is 45.6 Å². The molecule has 0 spiro atoms. The second kappa shape index (κ2) is 16.6. The summed E-state index contributed by atoms with van der Waals surface area (Å²) in [6, 6.07) is 27.6. The van der Waals surface area contributed by atoms with Crippen molar-refractivity contribution in [2.24, 2.45) is 0 Å². The number of rotatable bonds is 10. The van der Waals surface area contributed by atoms with E-state index in [0.29, 0.717) is 35.0 Å². The van der Waals surface area contributed by atoms with Gasteiger partial charge >= 0.3 is 0 Å². The van der Waals surface area contributed by atoms with Gasteiger partial charge in [0.15, 0.2) is 23.3 Å². The minimum Gasteiger partial charge on any atom is -0.474 e. The molecule has 0 saturated carbocycles. The maximum atomic E-state index is 6.14. The number of piperidine rings is 1. The van der Waals surface area contributed by atoms with Gasteiger partial charge in [0.05, 0.1) is 0 Å². The monoisotopic (exact) mass is 653 g/mol. The van der Waals surface area contributed by atoms with Crippen molar-refractivity contribution in [3.05, 3.63) is 125 Å². The Bertz CT molecular complexity index is 1960. The second-order valence-electron chi connectivity index (χ2n) is 11.4. The molecule has 49 heavy (non-hydrogen) atoms. The van der Waals surface area contributed by atoms with Crippen LogP contribution in [0.15, 0.2) is 91.1 Å². The predicted octanol–water partition coefficient (Wildman–Crippen LogP) is 6.98. The van der Waals surface area contributed by atoms with Gasteiger partial charge in [-0.25, -0.2) is 15.0 Å². The number of H-pyrrole nitrogens is 2. The molecule has 1 fully saturated rings. The zero-order chi connectivity index (χ0) is 33.7. The van der Waals surface area contributed by atoms with Crippen LogP contribution >= 0.6 is 0 Å². The molecule has 6 aromatic rings. The van der Waals surface area contributed by atoms with Crippen molar-refractivity contribution >= 4 is 47.6 Å². The van der Waals surface area contributed by atoms with Crippen LogP contribution in [0.3, 0.4) is 0 Å². The van der Waals surface area contributed by atoms with Gasteiger partial charge in [-0.05, 0) is 69.1 Å². The Morgan fingerprint density at radius 2 is 1.20 bits per heavy atom. The van der Waals surface area contributed by atoms with Crippen molar-refractivity contribution < 1.29 is 4.74 Å². The topological polar surface area (TPSA) is 154 Å². The minimum absolute atomic E-state index is 0.169. The Hall–Kier alpha value is -6.14. The van der Waals surface area contributed by atoms with Crippen LogP contribution in [0.2, 0.25) is 0 Å².